The van der Waals surface area contributed by atoms with E-state index in [1.165, 1.54) is 41.5 Å². The van der Waals surface area contributed by atoms with E-state index in [9.17, 15) is 4.79 Å². The van der Waals surface area contributed by atoms with E-state index in [0.717, 1.165) is 19.3 Å². The van der Waals surface area contributed by atoms with Crippen molar-refractivity contribution >= 4 is 5.91 Å². The fourth-order valence-corrected chi connectivity index (χ4v) is 4.32. The highest BCUT2D eigenvalue weighted by Crippen LogP contribution is 2.28. The van der Waals surface area contributed by atoms with Crippen molar-refractivity contribution in [2.24, 2.45) is 5.92 Å². The molecule has 1 aliphatic carbocycles. The van der Waals surface area contributed by atoms with Crippen molar-refractivity contribution in [2.45, 2.75) is 44.6 Å². The van der Waals surface area contributed by atoms with Crippen molar-refractivity contribution in [1.82, 2.24) is 5.32 Å². The number of carbonyl (C=O) groups excluding carboxylic acids is 1. The number of hydrogen-bond acceptors (Lipinski definition) is 1. The minimum atomic E-state index is -0.0181. The maximum Gasteiger partial charge on any atom is 0.223 e. The van der Waals surface area contributed by atoms with Crippen LogP contribution in [-0.2, 0) is 11.2 Å². The molecule has 0 radical (unpaired) electrons. The Morgan fingerprint density at radius 1 is 0.793 bits per heavy atom. The molecule has 1 atom stereocenters. The van der Waals surface area contributed by atoms with Gasteiger partial charge in [0.15, 0.2) is 0 Å². The molecule has 29 heavy (non-hydrogen) atoms. The molecule has 0 bridgehead atoms. The van der Waals surface area contributed by atoms with Gasteiger partial charge in [0.1, 0.15) is 0 Å². The third-order valence-corrected chi connectivity index (χ3v) is 5.97. The van der Waals surface area contributed by atoms with Crippen LogP contribution < -0.4 is 5.32 Å². The number of nitrogens with one attached hydrogen (secondary N) is 1. The lowest BCUT2D eigenvalue weighted by molar-refractivity contribution is -0.126. The quantitative estimate of drug-likeness (QED) is 0.529. The van der Waals surface area contributed by atoms with E-state index in [1.54, 1.807) is 0 Å². The van der Waals surface area contributed by atoms with Crippen molar-refractivity contribution in [3.8, 4) is 11.1 Å². The van der Waals surface area contributed by atoms with Crippen LogP contribution in [0, 0.1) is 5.92 Å². The maximum absolute atomic E-state index is 13.0. The van der Waals surface area contributed by atoms with Crippen LogP contribution in [0.4, 0.5) is 0 Å². The standard InChI is InChI=1S/C27H29NO/c29-27(23-15-8-3-9-16-23)28-26(19-21-11-4-1-5-12-21)25-18-10-17-24(20-25)22-13-6-2-7-14-22/h1-2,4-7,10-14,17-18,20,23,26H,3,8-9,15-16,19H2,(H,28,29). The summed E-state index contributed by atoms with van der Waals surface area (Å²) in [5, 5.41) is 3.39. The number of carbonyl (C=O) groups is 1. The average Bonchev–Trinajstić information content (AvgIpc) is 2.80. The van der Waals surface area contributed by atoms with Gasteiger partial charge in [0.05, 0.1) is 6.04 Å². The summed E-state index contributed by atoms with van der Waals surface area (Å²) in [6, 6.07) is 29.5. The molecule has 3 aromatic rings. The molecule has 1 unspecified atom stereocenters. The van der Waals surface area contributed by atoms with Crippen molar-refractivity contribution in [2.75, 3.05) is 0 Å². The topological polar surface area (TPSA) is 29.1 Å². The van der Waals surface area contributed by atoms with Gasteiger partial charge in [-0.3, -0.25) is 4.79 Å². The summed E-state index contributed by atoms with van der Waals surface area (Å²) >= 11 is 0. The van der Waals surface area contributed by atoms with Crippen LogP contribution in [0.3, 0.4) is 0 Å². The molecule has 1 aliphatic rings. The van der Waals surface area contributed by atoms with Crippen LogP contribution in [0.5, 0.6) is 0 Å². The van der Waals surface area contributed by atoms with E-state index in [1.807, 2.05) is 12.1 Å². The van der Waals surface area contributed by atoms with Crippen molar-refractivity contribution in [3.63, 3.8) is 0 Å². The molecule has 2 heteroatoms. The second-order valence-electron chi connectivity index (χ2n) is 8.08. The fourth-order valence-electron chi connectivity index (χ4n) is 4.32. The molecular weight excluding hydrogens is 354 g/mol. The van der Waals surface area contributed by atoms with E-state index >= 15 is 0 Å². The Labute approximate surface area is 174 Å². The van der Waals surface area contributed by atoms with Gasteiger partial charge in [0.25, 0.3) is 0 Å². The molecule has 3 aromatic carbocycles. The predicted molar refractivity (Wildman–Crippen MR) is 119 cm³/mol. The lowest BCUT2D eigenvalue weighted by atomic mass is 9.88. The zero-order valence-electron chi connectivity index (χ0n) is 16.9. The number of rotatable bonds is 6. The minimum absolute atomic E-state index is 0.0181. The highest BCUT2D eigenvalue weighted by molar-refractivity contribution is 5.79. The van der Waals surface area contributed by atoms with Crippen molar-refractivity contribution in [3.05, 3.63) is 96.1 Å². The van der Waals surface area contributed by atoms with Gasteiger partial charge in [-0.2, -0.15) is 0 Å². The Morgan fingerprint density at radius 2 is 1.45 bits per heavy atom. The van der Waals surface area contributed by atoms with Gasteiger partial charge in [-0.25, -0.2) is 0 Å². The largest absolute Gasteiger partial charge is 0.349 e. The SMILES string of the molecule is O=C(NC(Cc1ccccc1)c1cccc(-c2ccccc2)c1)C1CCCCC1. The van der Waals surface area contributed by atoms with E-state index in [0.29, 0.717) is 0 Å². The first-order valence-corrected chi connectivity index (χ1v) is 10.8. The second kappa shape index (κ2) is 9.56. The van der Waals surface area contributed by atoms with Gasteiger partial charge in [-0.1, -0.05) is 98.1 Å². The molecule has 0 aliphatic heterocycles. The fraction of sp³-hybridized carbons (Fsp3) is 0.296. The van der Waals surface area contributed by atoms with E-state index < -0.39 is 0 Å². The third kappa shape index (κ3) is 5.14. The summed E-state index contributed by atoms with van der Waals surface area (Å²) in [5.74, 6) is 0.384. The first-order valence-electron chi connectivity index (χ1n) is 10.8. The van der Waals surface area contributed by atoms with Crippen molar-refractivity contribution in [1.29, 1.82) is 0 Å². The average molecular weight is 384 g/mol. The maximum atomic E-state index is 13.0. The smallest absolute Gasteiger partial charge is 0.223 e. The molecule has 0 saturated heterocycles. The van der Waals surface area contributed by atoms with Gasteiger partial charge in [0.2, 0.25) is 5.91 Å². The normalized spacial score (nSPS) is 15.6. The summed E-state index contributed by atoms with van der Waals surface area (Å²) in [4.78, 5) is 13.0. The molecule has 1 fully saturated rings. The zero-order chi connectivity index (χ0) is 19.9. The molecule has 0 spiro atoms. The summed E-state index contributed by atoms with van der Waals surface area (Å²) in [7, 11) is 0. The van der Waals surface area contributed by atoms with E-state index in [2.05, 4.69) is 78.1 Å². The highest BCUT2D eigenvalue weighted by Gasteiger charge is 2.24. The number of amides is 1. The van der Waals surface area contributed by atoms with Gasteiger partial charge in [-0.05, 0) is 47.6 Å². The highest BCUT2D eigenvalue weighted by atomic mass is 16.1. The van der Waals surface area contributed by atoms with Gasteiger partial charge in [-0.15, -0.1) is 0 Å². The predicted octanol–water partition coefficient (Wildman–Crippen LogP) is 6.33. The number of benzene rings is 3. The van der Waals surface area contributed by atoms with Gasteiger partial charge < -0.3 is 5.32 Å². The van der Waals surface area contributed by atoms with Crippen LogP contribution in [0.15, 0.2) is 84.9 Å². The molecule has 2 nitrogen and oxygen atoms in total. The molecule has 148 valence electrons. The van der Waals surface area contributed by atoms with Gasteiger partial charge in [0, 0.05) is 5.92 Å². The van der Waals surface area contributed by atoms with Gasteiger partial charge >= 0.3 is 0 Å². The molecular formula is C27H29NO. The summed E-state index contributed by atoms with van der Waals surface area (Å²) < 4.78 is 0. The lowest BCUT2D eigenvalue weighted by Gasteiger charge is -2.26. The molecule has 0 heterocycles. The molecule has 1 saturated carbocycles. The lowest BCUT2D eigenvalue weighted by Crippen LogP contribution is -2.35. The monoisotopic (exact) mass is 383 g/mol. The minimum Gasteiger partial charge on any atom is -0.349 e. The molecule has 1 N–H and O–H groups in total. The third-order valence-electron chi connectivity index (χ3n) is 5.97. The van der Waals surface area contributed by atoms with Crippen molar-refractivity contribution < 1.29 is 4.79 Å². The molecule has 1 amide bonds. The number of hydrogen-bond donors (Lipinski definition) is 1. The van der Waals surface area contributed by atoms with E-state index in [4.69, 9.17) is 0 Å². The van der Waals surface area contributed by atoms with Crippen LogP contribution in [0.2, 0.25) is 0 Å². The van der Waals surface area contributed by atoms with E-state index in [-0.39, 0.29) is 17.9 Å². The summed E-state index contributed by atoms with van der Waals surface area (Å²) in [5.41, 5.74) is 4.80. The summed E-state index contributed by atoms with van der Waals surface area (Å²) in [6.07, 6.45) is 6.45. The van der Waals surface area contributed by atoms with Crippen LogP contribution >= 0.6 is 0 Å². The van der Waals surface area contributed by atoms with Crippen LogP contribution in [0.25, 0.3) is 11.1 Å². The Kier molecular flexibility index (Phi) is 6.41. The first kappa shape index (κ1) is 19.4. The second-order valence-corrected chi connectivity index (χ2v) is 8.08. The van der Waals surface area contributed by atoms with Crippen LogP contribution in [-0.4, -0.2) is 5.91 Å². The Bertz CT molecular complexity index is 914. The van der Waals surface area contributed by atoms with Crippen LogP contribution in [0.1, 0.15) is 49.3 Å². The Morgan fingerprint density at radius 3 is 2.17 bits per heavy atom. The zero-order valence-corrected chi connectivity index (χ0v) is 16.9. The molecule has 0 aromatic heterocycles. The molecule has 4 rings (SSSR count). The summed E-state index contributed by atoms with van der Waals surface area (Å²) in [6.45, 7) is 0. The first-order chi connectivity index (χ1) is 14.3. The Balaban J connectivity index is 1.60. The Hall–Kier alpha value is -2.87.